The fourth-order valence-corrected chi connectivity index (χ4v) is 6.95. The Balaban J connectivity index is 0.985. The Hall–Kier alpha value is -4.17. The van der Waals surface area contributed by atoms with E-state index >= 15 is 0 Å². The van der Waals surface area contributed by atoms with E-state index in [-0.39, 0.29) is 42.9 Å². The van der Waals surface area contributed by atoms with Gasteiger partial charge in [-0.3, -0.25) is 4.79 Å². The number of carboxylic acid groups (broad SMARTS) is 1. The van der Waals surface area contributed by atoms with Crippen molar-refractivity contribution < 1.29 is 29.0 Å². The third kappa shape index (κ3) is 5.63. The van der Waals surface area contributed by atoms with E-state index in [1.807, 2.05) is 54.6 Å². The van der Waals surface area contributed by atoms with E-state index < -0.39 is 24.2 Å². The lowest BCUT2D eigenvalue weighted by Gasteiger charge is -2.40. The van der Waals surface area contributed by atoms with Crippen LogP contribution in [-0.2, 0) is 25.7 Å². The molecule has 3 aromatic carbocycles. The third-order valence-electron chi connectivity index (χ3n) is 9.23. The minimum absolute atomic E-state index is 0.00177. The molecule has 8 nitrogen and oxygen atoms in total. The molecule has 3 aromatic rings. The zero-order chi connectivity index (χ0) is 29.2. The van der Waals surface area contributed by atoms with E-state index in [4.69, 9.17) is 9.47 Å². The van der Waals surface area contributed by atoms with Crippen LogP contribution in [0.4, 0.5) is 4.79 Å². The molecule has 42 heavy (non-hydrogen) atoms. The molecule has 0 bridgehead atoms. The molecule has 6 unspecified atom stereocenters. The highest BCUT2D eigenvalue weighted by Crippen LogP contribution is 2.50. The van der Waals surface area contributed by atoms with E-state index in [1.165, 1.54) is 22.3 Å². The second-order valence-corrected chi connectivity index (χ2v) is 11.7. The molecule has 6 rings (SSSR count). The number of nitrogens with one attached hydrogen (secondary N) is 2. The number of carboxylic acids is 1. The quantitative estimate of drug-likeness (QED) is 0.313. The van der Waals surface area contributed by atoms with Gasteiger partial charge in [-0.1, -0.05) is 78.9 Å². The number of alkyl carbamates (subject to hydrolysis) is 1. The third-order valence-corrected chi connectivity index (χ3v) is 9.23. The Kier molecular flexibility index (Phi) is 7.98. The van der Waals surface area contributed by atoms with Crippen LogP contribution >= 0.6 is 0 Å². The second kappa shape index (κ2) is 12.0. The first kappa shape index (κ1) is 28.0. The maximum Gasteiger partial charge on any atom is 0.407 e. The number of carbonyl (C=O) groups is 3. The van der Waals surface area contributed by atoms with Crippen molar-refractivity contribution in [1.29, 1.82) is 0 Å². The topological polar surface area (TPSA) is 114 Å². The van der Waals surface area contributed by atoms with Gasteiger partial charge in [0, 0.05) is 17.9 Å². The van der Waals surface area contributed by atoms with Crippen molar-refractivity contribution in [2.75, 3.05) is 6.61 Å². The number of fused-ring (bicyclic) bond motifs is 4. The van der Waals surface area contributed by atoms with Gasteiger partial charge in [0.25, 0.3) is 0 Å². The molecule has 0 heterocycles. The Morgan fingerprint density at radius 3 is 2.19 bits per heavy atom. The van der Waals surface area contributed by atoms with Gasteiger partial charge in [0.05, 0.1) is 12.7 Å². The summed E-state index contributed by atoms with van der Waals surface area (Å²) in [6, 6.07) is 24.8. The van der Waals surface area contributed by atoms with Crippen LogP contribution in [0, 0.1) is 17.8 Å². The smallest absolute Gasteiger partial charge is 0.407 e. The number of aliphatic carboxylic acids is 1. The van der Waals surface area contributed by atoms with Crippen molar-refractivity contribution in [1.82, 2.24) is 10.6 Å². The molecule has 0 radical (unpaired) electrons. The van der Waals surface area contributed by atoms with Crippen molar-refractivity contribution in [2.24, 2.45) is 17.8 Å². The summed E-state index contributed by atoms with van der Waals surface area (Å²) in [5.74, 6) is -1.19. The van der Waals surface area contributed by atoms with Gasteiger partial charge in [-0.15, -0.1) is 0 Å². The molecule has 3 aliphatic rings. The molecule has 2 saturated carbocycles. The Labute approximate surface area is 245 Å². The standard InChI is InChI=1S/C34H36N2O6/c1-20(41-18-21-9-3-2-4-10-21)31(33(38)39)36-32(37)23-15-22-17-30(28(22)16-23)35-34(40)42-19-29-26-13-7-5-11-24(26)25-12-6-8-14-27(25)29/h2-14,20,22-23,28-31H,15-19H2,1H3,(H,35,40)(H,36,37)(H,38,39). The summed E-state index contributed by atoms with van der Waals surface area (Å²) < 4.78 is 11.5. The summed E-state index contributed by atoms with van der Waals surface area (Å²) in [4.78, 5) is 37.8. The highest BCUT2D eigenvalue weighted by molar-refractivity contribution is 5.85. The average Bonchev–Trinajstić information content (AvgIpc) is 3.51. The van der Waals surface area contributed by atoms with Crippen LogP contribution in [0.15, 0.2) is 78.9 Å². The van der Waals surface area contributed by atoms with Gasteiger partial charge in [0.15, 0.2) is 6.04 Å². The highest BCUT2D eigenvalue weighted by atomic mass is 16.5. The first-order chi connectivity index (χ1) is 20.4. The summed E-state index contributed by atoms with van der Waals surface area (Å²) in [6.07, 6.45) is 0.940. The van der Waals surface area contributed by atoms with Crippen molar-refractivity contribution in [3.8, 4) is 11.1 Å². The number of hydrogen-bond acceptors (Lipinski definition) is 5. The number of carbonyl (C=O) groups excluding carboxylic acids is 2. The molecule has 0 spiro atoms. The minimum Gasteiger partial charge on any atom is -0.480 e. The number of benzene rings is 3. The number of ether oxygens (including phenoxy) is 2. The lowest BCUT2D eigenvalue weighted by molar-refractivity contribution is -0.147. The van der Waals surface area contributed by atoms with Crippen molar-refractivity contribution in [3.63, 3.8) is 0 Å². The molecule has 218 valence electrons. The Bertz CT molecular complexity index is 1410. The molecule has 3 N–H and O–H groups in total. The summed E-state index contributed by atoms with van der Waals surface area (Å²) in [6.45, 7) is 2.18. The van der Waals surface area contributed by atoms with E-state index in [2.05, 4.69) is 34.9 Å². The maximum absolute atomic E-state index is 13.1. The fraction of sp³-hybridized carbons (Fsp3) is 0.382. The molecule has 0 aliphatic heterocycles. The molecule has 0 saturated heterocycles. The molecule has 6 atom stereocenters. The normalized spacial score (nSPS) is 23.5. The summed E-state index contributed by atoms with van der Waals surface area (Å²) in [5.41, 5.74) is 5.63. The fourth-order valence-electron chi connectivity index (χ4n) is 6.95. The van der Waals surface area contributed by atoms with Gasteiger partial charge < -0.3 is 25.2 Å². The molecule has 2 fully saturated rings. The number of amides is 2. The summed E-state index contributed by atoms with van der Waals surface area (Å²) in [5, 5.41) is 15.5. The second-order valence-electron chi connectivity index (χ2n) is 11.7. The van der Waals surface area contributed by atoms with Gasteiger partial charge in [-0.05, 0) is 65.8 Å². The largest absolute Gasteiger partial charge is 0.480 e. The lowest BCUT2D eigenvalue weighted by Crippen LogP contribution is -2.50. The van der Waals surface area contributed by atoms with Gasteiger partial charge in [0.1, 0.15) is 6.61 Å². The van der Waals surface area contributed by atoms with Gasteiger partial charge in [-0.2, -0.15) is 0 Å². The summed E-state index contributed by atoms with van der Waals surface area (Å²) in [7, 11) is 0. The molecule has 3 aliphatic carbocycles. The molecule has 0 aromatic heterocycles. The minimum atomic E-state index is -1.14. The zero-order valence-electron chi connectivity index (χ0n) is 23.6. The first-order valence-electron chi connectivity index (χ1n) is 14.7. The predicted molar refractivity (Wildman–Crippen MR) is 157 cm³/mol. The zero-order valence-corrected chi connectivity index (χ0v) is 23.6. The van der Waals surface area contributed by atoms with E-state index in [0.29, 0.717) is 18.8 Å². The summed E-state index contributed by atoms with van der Waals surface area (Å²) >= 11 is 0. The highest BCUT2D eigenvalue weighted by Gasteiger charge is 2.50. The van der Waals surface area contributed by atoms with Crippen molar-refractivity contribution in [3.05, 3.63) is 95.6 Å². The Morgan fingerprint density at radius 2 is 1.52 bits per heavy atom. The molecule has 2 amide bonds. The Morgan fingerprint density at radius 1 is 0.881 bits per heavy atom. The maximum atomic E-state index is 13.1. The lowest BCUT2D eigenvalue weighted by atomic mass is 9.71. The van der Waals surface area contributed by atoms with Crippen LogP contribution in [0.25, 0.3) is 11.1 Å². The molecule has 8 heteroatoms. The van der Waals surface area contributed by atoms with Crippen LogP contribution in [0.2, 0.25) is 0 Å². The predicted octanol–water partition coefficient (Wildman–Crippen LogP) is 5.11. The first-order valence-corrected chi connectivity index (χ1v) is 14.7. The van der Waals surface area contributed by atoms with Crippen molar-refractivity contribution >= 4 is 18.0 Å². The van der Waals surface area contributed by atoms with E-state index in [9.17, 15) is 19.5 Å². The van der Waals surface area contributed by atoms with Gasteiger partial charge >= 0.3 is 12.1 Å². The number of hydrogen-bond donors (Lipinski definition) is 3. The van der Waals surface area contributed by atoms with E-state index in [1.54, 1.807) is 6.92 Å². The van der Waals surface area contributed by atoms with Crippen LogP contribution in [0.3, 0.4) is 0 Å². The SMILES string of the molecule is CC(OCc1ccccc1)C(NC(=O)C1CC2CC(NC(=O)OCC3c4ccccc4-c4ccccc43)C2C1)C(=O)O. The van der Waals surface area contributed by atoms with Gasteiger partial charge in [-0.25, -0.2) is 9.59 Å². The van der Waals surface area contributed by atoms with Crippen LogP contribution in [0.1, 0.15) is 48.8 Å². The van der Waals surface area contributed by atoms with Crippen LogP contribution < -0.4 is 10.6 Å². The van der Waals surface area contributed by atoms with Gasteiger partial charge in [0.2, 0.25) is 5.91 Å². The average molecular weight is 569 g/mol. The van der Waals surface area contributed by atoms with E-state index in [0.717, 1.165) is 12.0 Å². The van der Waals surface area contributed by atoms with Crippen molar-refractivity contribution in [2.45, 2.75) is 56.9 Å². The molecular weight excluding hydrogens is 532 g/mol. The number of rotatable bonds is 10. The molecular formula is C34H36N2O6. The van der Waals surface area contributed by atoms with Crippen LogP contribution in [-0.4, -0.2) is 47.9 Å². The monoisotopic (exact) mass is 568 g/mol. The van der Waals surface area contributed by atoms with Crippen LogP contribution in [0.5, 0.6) is 0 Å².